The lowest BCUT2D eigenvalue weighted by molar-refractivity contribution is -0.143. The summed E-state index contributed by atoms with van der Waals surface area (Å²) in [5, 5.41) is 3.08. The van der Waals surface area contributed by atoms with Crippen LogP contribution in [-0.4, -0.2) is 44.5 Å². The summed E-state index contributed by atoms with van der Waals surface area (Å²) in [6.45, 7) is 4.04. The molecular weight excluding hydrogens is 408 g/mol. The number of hydrogen-bond donors (Lipinski definition) is 2. The molecule has 0 saturated carbocycles. The molecule has 0 fully saturated rings. The van der Waals surface area contributed by atoms with Gasteiger partial charge in [-0.3, -0.25) is 14.4 Å². The first kappa shape index (κ1) is 29.5. The van der Waals surface area contributed by atoms with Gasteiger partial charge in [0.15, 0.2) is 0 Å². The van der Waals surface area contributed by atoms with Crippen molar-refractivity contribution in [2.24, 2.45) is 5.73 Å². The number of nitrogens with one attached hydrogen (secondary N) is 1. The number of hydrogen-bond acceptors (Lipinski definition) is 7. The van der Waals surface area contributed by atoms with E-state index in [0.717, 1.165) is 17.4 Å². The lowest BCUT2D eigenvalue weighted by Gasteiger charge is -2.10. The summed E-state index contributed by atoms with van der Waals surface area (Å²) in [5.41, 5.74) is 6.96. The van der Waals surface area contributed by atoms with Crippen LogP contribution in [0, 0.1) is 0 Å². The first-order valence-corrected chi connectivity index (χ1v) is 9.04. The van der Waals surface area contributed by atoms with Crippen LogP contribution in [0.25, 0.3) is 0 Å². The molecule has 30 heavy (non-hydrogen) atoms. The smallest absolute Gasteiger partial charge is 0.322 e. The Labute approximate surface area is 184 Å². The van der Waals surface area contributed by atoms with Crippen molar-refractivity contribution in [1.82, 2.24) is 5.32 Å². The Balaban J connectivity index is 0. The van der Waals surface area contributed by atoms with Crippen molar-refractivity contribution >= 4 is 30.6 Å². The van der Waals surface area contributed by atoms with E-state index in [1.165, 1.54) is 14.2 Å². The zero-order valence-corrected chi connectivity index (χ0v) is 18.6. The van der Waals surface area contributed by atoms with Crippen molar-refractivity contribution in [3.63, 3.8) is 0 Å². The van der Waals surface area contributed by atoms with Gasteiger partial charge in [-0.15, -0.1) is 12.4 Å². The topological polar surface area (TPSA) is 108 Å². The number of aldehydes is 1. The van der Waals surface area contributed by atoms with Crippen LogP contribution >= 0.6 is 12.4 Å². The molecule has 2 rings (SSSR count). The summed E-state index contributed by atoms with van der Waals surface area (Å²) in [6.07, 6.45) is 0.833. The summed E-state index contributed by atoms with van der Waals surface area (Å²) >= 11 is 0. The second kappa shape index (κ2) is 18.3. The molecule has 2 aromatic rings. The Morgan fingerprint density at radius 3 is 1.73 bits per heavy atom. The van der Waals surface area contributed by atoms with Crippen molar-refractivity contribution < 1.29 is 23.9 Å². The molecule has 0 aromatic heterocycles. The normalized spacial score (nSPS) is 11.0. The number of carbonyl (C=O) groups is 3. The van der Waals surface area contributed by atoms with Gasteiger partial charge < -0.3 is 20.5 Å². The standard InChI is InChI=1S/C11H15NO2.C7H6O.C4H9NO2.ClH/c1-9(11(13)14-2)12-8-10-6-4-3-5-7-10;8-6-7-4-2-1-3-5-7;1-3(5)4(6)7-2;/h3-7,9,12H,8H2,1-2H3;1-6H;3H,5H2,1-2H3;1H/t9-;;3-;/m1.1./s1. The molecule has 166 valence electrons. The highest BCUT2D eigenvalue weighted by Crippen LogP contribution is 1.98. The summed E-state index contributed by atoms with van der Waals surface area (Å²) in [7, 11) is 2.70. The molecule has 0 aliphatic rings. The van der Waals surface area contributed by atoms with E-state index >= 15 is 0 Å². The molecule has 7 nitrogen and oxygen atoms in total. The third-order valence-electron chi connectivity index (χ3n) is 3.52. The zero-order chi connectivity index (χ0) is 22.1. The maximum absolute atomic E-state index is 11.0. The van der Waals surface area contributed by atoms with E-state index < -0.39 is 6.04 Å². The van der Waals surface area contributed by atoms with Crippen molar-refractivity contribution in [2.45, 2.75) is 32.5 Å². The molecule has 0 bridgehead atoms. The van der Waals surface area contributed by atoms with Gasteiger partial charge in [-0.2, -0.15) is 0 Å². The average molecular weight is 439 g/mol. The van der Waals surface area contributed by atoms with E-state index in [0.29, 0.717) is 6.54 Å². The summed E-state index contributed by atoms with van der Waals surface area (Å²) in [4.78, 5) is 31.2. The monoisotopic (exact) mass is 438 g/mol. The molecule has 8 heteroatoms. The van der Waals surface area contributed by atoms with Crippen LogP contribution in [0.15, 0.2) is 60.7 Å². The van der Waals surface area contributed by atoms with E-state index in [1.54, 1.807) is 26.0 Å². The maximum Gasteiger partial charge on any atom is 0.322 e. The van der Waals surface area contributed by atoms with Gasteiger partial charge in [0.05, 0.1) is 14.2 Å². The average Bonchev–Trinajstić information content (AvgIpc) is 2.78. The molecule has 0 unspecified atom stereocenters. The van der Waals surface area contributed by atoms with Crippen molar-refractivity contribution in [2.75, 3.05) is 14.2 Å². The van der Waals surface area contributed by atoms with E-state index in [4.69, 9.17) is 5.73 Å². The Hall–Kier alpha value is -2.74. The molecular formula is C22H31ClN2O5. The summed E-state index contributed by atoms with van der Waals surface area (Å²) < 4.78 is 8.85. The van der Waals surface area contributed by atoms with E-state index in [2.05, 4.69) is 14.8 Å². The minimum Gasteiger partial charge on any atom is -0.468 e. The second-order valence-electron chi connectivity index (χ2n) is 5.95. The number of nitrogens with two attached hydrogens (primary N) is 1. The maximum atomic E-state index is 11.0. The lowest BCUT2D eigenvalue weighted by atomic mass is 10.2. The molecule has 3 N–H and O–H groups in total. The molecule has 2 atom stereocenters. The van der Waals surface area contributed by atoms with Crippen molar-refractivity contribution in [3.05, 3.63) is 71.8 Å². The Kier molecular flexibility index (Phi) is 18.0. The summed E-state index contributed by atoms with van der Waals surface area (Å²) in [5.74, 6) is -0.610. The van der Waals surface area contributed by atoms with Gasteiger partial charge in [-0.25, -0.2) is 0 Å². The predicted octanol–water partition coefficient (Wildman–Crippen LogP) is 2.77. The molecule has 0 spiro atoms. The van der Waals surface area contributed by atoms with Gasteiger partial charge in [0.25, 0.3) is 0 Å². The molecule has 0 amide bonds. The van der Waals surface area contributed by atoms with Crippen LogP contribution in [0.4, 0.5) is 0 Å². The van der Waals surface area contributed by atoms with Crippen LogP contribution in [-0.2, 0) is 25.6 Å². The Bertz CT molecular complexity index is 712. The number of ether oxygens (including phenoxy) is 2. The van der Waals surface area contributed by atoms with Gasteiger partial charge in [-0.1, -0.05) is 60.7 Å². The number of rotatable bonds is 6. The van der Waals surface area contributed by atoms with Crippen LogP contribution in [0.5, 0.6) is 0 Å². The molecule has 0 saturated heterocycles. The number of methoxy groups -OCH3 is 2. The van der Waals surface area contributed by atoms with E-state index in [-0.39, 0.29) is 30.4 Å². The van der Waals surface area contributed by atoms with Crippen LogP contribution in [0.2, 0.25) is 0 Å². The van der Waals surface area contributed by atoms with Gasteiger partial charge >= 0.3 is 11.9 Å². The van der Waals surface area contributed by atoms with Crippen molar-refractivity contribution in [1.29, 1.82) is 0 Å². The van der Waals surface area contributed by atoms with Gasteiger partial charge in [0.2, 0.25) is 0 Å². The number of esters is 2. The fourth-order valence-corrected chi connectivity index (χ4v) is 1.84. The van der Waals surface area contributed by atoms with Gasteiger partial charge in [-0.05, 0) is 19.4 Å². The third kappa shape index (κ3) is 14.3. The fourth-order valence-electron chi connectivity index (χ4n) is 1.84. The van der Waals surface area contributed by atoms with Crippen LogP contribution in [0.1, 0.15) is 29.8 Å². The molecule has 0 radical (unpaired) electrons. The van der Waals surface area contributed by atoms with E-state index in [9.17, 15) is 14.4 Å². The van der Waals surface area contributed by atoms with E-state index in [1.807, 2.05) is 48.5 Å². The van der Waals surface area contributed by atoms with Gasteiger partial charge in [0, 0.05) is 12.1 Å². The number of halogens is 1. The minimum atomic E-state index is -0.495. The molecule has 2 aromatic carbocycles. The largest absolute Gasteiger partial charge is 0.468 e. The van der Waals surface area contributed by atoms with Gasteiger partial charge in [0.1, 0.15) is 18.4 Å². The first-order chi connectivity index (χ1) is 13.8. The fraction of sp³-hybridized carbons (Fsp3) is 0.318. The summed E-state index contributed by atoms with van der Waals surface area (Å²) in [6, 6.07) is 18.3. The first-order valence-electron chi connectivity index (χ1n) is 9.04. The second-order valence-corrected chi connectivity index (χ2v) is 5.95. The highest BCUT2D eigenvalue weighted by molar-refractivity contribution is 5.85. The highest BCUT2D eigenvalue weighted by atomic mass is 35.5. The predicted molar refractivity (Wildman–Crippen MR) is 120 cm³/mol. The molecule has 0 aliphatic carbocycles. The molecule has 0 heterocycles. The number of carbonyl (C=O) groups excluding carboxylic acids is 3. The highest BCUT2D eigenvalue weighted by Gasteiger charge is 2.11. The zero-order valence-electron chi connectivity index (χ0n) is 17.7. The molecule has 0 aliphatic heterocycles. The minimum absolute atomic E-state index is 0. The van der Waals surface area contributed by atoms with Crippen LogP contribution in [0.3, 0.4) is 0 Å². The quantitative estimate of drug-likeness (QED) is 0.527. The van der Waals surface area contributed by atoms with Crippen LogP contribution < -0.4 is 11.1 Å². The third-order valence-corrected chi connectivity index (χ3v) is 3.52. The lowest BCUT2D eigenvalue weighted by Crippen LogP contribution is -2.34. The van der Waals surface area contributed by atoms with Crippen molar-refractivity contribution in [3.8, 4) is 0 Å². The number of benzene rings is 2. The SMILES string of the molecule is COC(=O)[C@@H](C)N.COC(=O)[C@@H](C)NCc1ccccc1.Cl.O=Cc1ccccc1. The Morgan fingerprint density at radius 2 is 1.40 bits per heavy atom. The Morgan fingerprint density at radius 1 is 0.933 bits per heavy atom.